The standard InChI is InChI=1S/C22H16ClFN2O3/c1-26-20-9-13(7-8-14(20)10-21(26)27)16-11-18(24)19(12-17(16)23)25-22(28)29-15-5-3-2-4-6-15/h2-9,11-12H,10H2,1H3,(H,25,28). The lowest BCUT2D eigenvalue weighted by Crippen LogP contribution is -2.20. The maximum atomic E-state index is 14.6. The van der Waals surface area contributed by atoms with E-state index in [1.54, 1.807) is 54.4 Å². The summed E-state index contributed by atoms with van der Waals surface area (Å²) in [5.74, 6) is -0.310. The van der Waals surface area contributed by atoms with Gasteiger partial charge in [0.15, 0.2) is 0 Å². The van der Waals surface area contributed by atoms with Gasteiger partial charge in [0.1, 0.15) is 11.6 Å². The minimum Gasteiger partial charge on any atom is -0.410 e. The number of carbonyl (C=O) groups excluding carboxylic acids is 2. The lowest BCUT2D eigenvalue weighted by molar-refractivity contribution is -0.117. The van der Waals surface area contributed by atoms with E-state index in [0.29, 0.717) is 23.3 Å². The third-order valence-electron chi connectivity index (χ3n) is 4.72. The number of halogens is 2. The lowest BCUT2D eigenvalue weighted by Gasteiger charge is -2.14. The van der Waals surface area contributed by atoms with E-state index in [1.807, 2.05) is 6.07 Å². The molecule has 146 valence electrons. The first-order chi connectivity index (χ1) is 13.9. The average molecular weight is 411 g/mol. The first-order valence-electron chi connectivity index (χ1n) is 8.85. The molecule has 4 rings (SSSR count). The van der Waals surface area contributed by atoms with Gasteiger partial charge in [-0.15, -0.1) is 0 Å². The monoisotopic (exact) mass is 410 g/mol. The molecular weight excluding hydrogens is 395 g/mol. The number of carbonyl (C=O) groups is 2. The van der Waals surface area contributed by atoms with E-state index < -0.39 is 11.9 Å². The second-order valence-corrected chi connectivity index (χ2v) is 7.02. The molecule has 0 bridgehead atoms. The average Bonchev–Trinajstić information content (AvgIpc) is 2.98. The number of nitrogens with zero attached hydrogens (tertiary/aromatic N) is 1. The zero-order valence-electron chi connectivity index (χ0n) is 15.4. The van der Waals surface area contributed by atoms with Crippen LogP contribution in [0.2, 0.25) is 5.02 Å². The summed E-state index contributed by atoms with van der Waals surface area (Å²) in [5, 5.41) is 2.62. The van der Waals surface area contributed by atoms with Gasteiger partial charge in [0.2, 0.25) is 5.91 Å². The summed E-state index contributed by atoms with van der Waals surface area (Å²) in [6.45, 7) is 0. The fourth-order valence-electron chi connectivity index (χ4n) is 3.20. The predicted molar refractivity (Wildman–Crippen MR) is 110 cm³/mol. The summed E-state index contributed by atoms with van der Waals surface area (Å²) >= 11 is 6.36. The highest BCUT2D eigenvalue weighted by atomic mass is 35.5. The number of para-hydroxylation sites is 1. The van der Waals surface area contributed by atoms with Crippen LogP contribution in [0.1, 0.15) is 5.56 Å². The van der Waals surface area contributed by atoms with Crippen molar-refractivity contribution >= 4 is 35.0 Å². The maximum Gasteiger partial charge on any atom is 0.417 e. The Labute approximate surface area is 171 Å². The number of rotatable bonds is 3. The van der Waals surface area contributed by atoms with E-state index in [0.717, 1.165) is 11.3 Å². The Morgan fingerprint density at radius 3 is 2.66 bits per heavy atom. The molecule has 0 fully saturated rings. The molecule has 29 heavy (non-hydrogen) atoms. The van der Waals surface area contributed by atoms with Gasteiger partial charge >= 0.3 is 6.09 Å². The second kappa shape index (κ2) is 7.56. The lowest BCUT2D eigenvalue weighted by atomic mass is 10.0. The molecule has 3 aromatic carbocycles. The quantitative estimate of drug-likeness (QED) is 0.639. The van der Waals surface area contributed by atoms with Crippen molar-refractivity contribution in [2.45, 2.75) is 6.42 Å². The Morgan fingerprint density at radius 1 is 1.14 bits per heavy atom. The number of amides is 2. The van der Waals surface area contributed by atoms with Crippen LogP contribution in [0.15, 0.2) is 60.7 Å². The van der Waals surface area contributed by atoms with Crippen LogP contribution in [-0.2, 0) is 11.2 Å². The van der Waals surface area contributed by atoms with E-state index in [2.05, 4.69) is 5.32 Å². The Balaban J connectivity index is 1.58. The van der Waals surface area contributed by atoms with E-state index in [-0.39, 0.29) is 16.6 Å². The van der Waals surface area contributed by atoms with Gasteiger partial charge in [0, 0.05) is 18.3 Å². The highest BCUT2D eigenvalue weighted by Gasteiger charge is 2.24. The van der Waals surface area contributed by atoms with Crippen LogP contribution in [0.5, 0.6) is 5.75 Å². The van der Waals surface area contributed by atoms with Crippen LogP contribution in [-0.4, -0.2) is 19.0 Å². The summed E-state index contributed by atoms with van der Waals surface area (Å²) in [6, 6.07) is 16.5. The van der Waals surface area contributed by atoms with Crippen molar-refractivity contribution in [2.75, 3.05) is 17.3 Å². The van der Waals surface area contributed by atoms with Gasteiger partial charge in [-0.3, -0.25) is 10.1 Å². The molecule has 0 radical (unpaired) electrons. The fourth-order valence-corrected chi connectivity index (χ4v) is 3.48. The third-order valence-corrected chi connectivity index (χ3v) is 5.03. The zero-order chi connectivity index (χ0) is 20.5. The molecular formula is C22H16ClFN2O3. The molecule has 0 unspecified atom stereocenters. The highest BCUT2D eigenvalue weighted by molar-refractivity contribution is 6.33. The van der Waals surface area contributed by atoms with Crippen LogP contribution in [0.25, 0.3) is 11.1 Å². The van der Waals surface area contributed by atoms with E-state index in [1.165, 1.54) is 12.1 Å². The second-order valence-electron chi connectivity index (χ2n) is 6.61. The van der Waals surface area contributed by atoms with Crippen LogP contribution >= 0.6 is 11.6 Å². The van der Waals surface area contributed by atoms with Gasteiger partial charge < -0.3 is 9.64 Å². The molecule has 1 N–H and O–H groups in total. The van der Waals surface area contributed by atoms with Crippen molar-refractivity contribution in [3.63, 3.8) is 0 Å². The molecule has 2 amide bonds. The van der Waals surface area contributed by atoms with E-state index in [9.17, 15) is 14.0 Å². The summed E-state index contributed by atoms with van der Waals surface area (Å²) in [6.07, 6.45) is -0.475. The first-order valence-corrected chi connectivity index (χ1v) is 9.23. The van der Waals surface area contributed by atoms with E-state index >= 15 is 0 Å². The zero-order valence-corrected chi connectivity index (χ0v) is 16.2. The van der Waals surface area contributed by atoms with Crippen molar-refractivity contribution in [3.05, 3.63) is 77.1 Å². The number of anilines is 2. The van der Waals surface area contributed by atoms with Crippen molar-refractivity contribution in [2.24, 2.45) is 0 Å². The highest BCUT2D eigenvalue weighted by Crippen LogP contribution is 2.37. The van der Waals surface area contributed by atoms with Crippen LogP contribution in [0, 0.1) is 5.82 Å². The molecule has 0 saturated carbocycles. The molecule has 5 nitrogen and oxygen atoms in total. The number of benzene rings is 3. The van der Waals surface area contributed by atoms with Crippen molar-refractivity contribution in [1.29, 1.82) is 0 Å². The Kier molecular flexibility index (Phi) is 4.94. The molecule has 0 saturated heterocycles. The molecule has 1 heterocycles. The molecule has 3 aromatic rings. The number of likely N-dealkylation sites (N-methyl/N-ethyl adjacent to an activating group) is 1. The minimum atomic E-state index is -0.823. The smallest absolute Gasteiger partial charge is 0.410 e. The Hall–Kier alpha value is -3.38. The van der Waals surface area contributed by atoms with Gasteiger partial charge in [-0.05, 0) is 41.5 Å². The molecule has 0 spiro atoms. The number of hydrogen-bond acceptors (Lipinski definition) is 3. The van der Waals surface area contributed by atoms with Crippen molar-refractivity contribution in [3.8, 4) is 16.9 Å². The summed E-state index contributed by atoms with van der Waals surface area (Å²) in [4.78, 5) is 25.4. The van der Waals surface area contributed by atoms with Crippen molar-refractivity contribution in [1.82, 2.24) is 0 Å². The minimum absolute atomic E-state index is 0.00547. The molecule has 0 aliphatic carbocycles. The number of nitrogens with one attached hydrogen (secondary N) is 1. The van der Waals surface area contributed by atoms with E-state index in [4.69, 9.17) is 16.3 Å². The summed E-state index contributed by atoms with van der Waals surface area (Å²) in [5.41, 5.74) is 2.74. The molecule has 7 heteroatoms. The Morgan fingerprint density at radius 2 is 1.90 bits per heavy atom. The van der Waals surface area contributed by atoms with Crippen LogP contribution in [0.4, 0.5) is 20.6 Å². The normalized spacial score (nSPS) is 12.7. The maximum absolute atomic E-state index is 14.6. The van der Waals surface area contributed by atoms with Crippen LogP contribution < -0.4 is 15.0 Å². The van der Waals surface area contributed by atoms with Gasteiger partial charge in [-0.2, -0.15) is 0 Å². The topological polar surface area (TPSA) is 58.6 Å². The van der Waals surface area contributed by atoms with Gasteiger partial charge in [0.25, 0.3) is 0 Å². The Bertz CT molecular complexity index is 1120. The van der Waals surface area contributed by atoms with Gasteiger partial charge in [0.05, 0.1) is 17.1 Å². The summed E-state index contributed by atoms with van der Waals surface area (Å²) < 4.78 is 19.7. The number of fused-ring (bicyclic) bond motifs is 1. The SMILES string of the molecule is CN1C(=O)Cc2ccc(-c3cc(F)c(NC(=O)Oc4ccccc4)cc3Cl)cc21. The van der Waals surface area contributed by atoms with Crippen molar-refractivity contribution < 1.29 is 18.7 Å². The largest absolute Gasteiger partial charge is 0.417 e. The third kappa shape index (κ3) is 3.79. The fraction of sp³-hybridized carbons (Fsp3) is 0.0909. The molecule has 0 atom stereocenters. The summed E-state index contributed by atoms with van der Waals surface area (Å²) in [7, 11) is 1.70. The molecule has 0 aromatic heterocycles. The van der Waals surface area contributed by atoms with Crippen LogP contribution in [0.3, 0.4) is 0 Å². The molecule has 1 aliphatic heterocycles. The first kappa shape index (κ1) is 19.0. The van der Waals surface area contributed by atoms with Gasteiger partial charge in [-0.25, -0.2) is 9.18 Å². The van der Waals surface area contributed by atoms with Gasteiger partial charge in [-0.1, -0.05) is 41.9 Å². The number of ether oxygens (including phenoxy) is 1. The predicted octanol–water partition coefficient (Wildman–Crippen LogP) is 5.28. The number of hydrogen-bond donors (Lipinski definition) is 1. The molecule has 1 aliphatic rings.